The van der Waals surface area contributed by atoms with Crippen LogP contribution in [0, 0.1) is 0 Å². The standard InChI is InChI=1S/C8H15N3O2/c1-4-11-6(3)7(9-10-11)8(12)13-5-2/h9-10H,4-5H2,1-3H3. The van der Waals surface area contributed by atoms with Crippen molar-refractivity contribution in [3.05, 3.63) is 11.4 Å². The van der Waals surface area contributed by atoms with Gasteiger partial charge in [-0.3, -0.25) is 10.4 Å². The van der Waals surface area contributed by atoms with Crippen LogP contribution in [-0.4, -0.2) is 24.1 Å². The summed E-state index contributed by atoms with van der Waals surface area (Å²) in [4.78, 5) is 11.3. The second kappa shape index (κ2) is 4.13. The van der Waals surface area contributed by atoms with Gasteiger partial charge in [0.05, 0.1) is 12.3 Å². The molecule has 0 atom stereocenters. The van der Waals surface area contributed by atoms with Crippen LogP contribution in [0.3, 0.4) is 0 Å². The van der Waals surface area contributed by atoms with Crippen LogP contribution < -0.4 is 11.0 Å². The van der Waals surface area contributed by atoms with E-state index in [4.69, 9.17) is 4.74 Å². The number of carbonyl (C=O) groups is 1. The number of ether oxygens (including phenoxy) is 1. The molecule has 0 radical (unpaired) electrons. The predicted molar refractivity (Wildman–Crippen MR) is 48.0 cm³/mol. The first-order valence-corrected chi connectivity index (χ1v) is 4.37. The van der Waals surface area contributed by atoms with Crippen molar-refractivity contribution in [3.8, 4) is 0 Å². The minimum absolute atomic E-state index is 0.316. The number of hydrazine groups is 2. The van der Waals surface area contributed by atoms with Crippen molar-refractivity contribution in [1.29, 1.82) is 0 Å². The van der Waals surface area contributed by atoms with Crippen LogP contribution in [0.15, 0.2) is 11.4 Å². The number of esters is 1. The molecule has 0 amide bonds. The summed E-state index contributed by atoms with van der Waals surface area (Å²) in [5, 5.41) is 1.84. The highest BCUT2D eigenvalue weighted by molar-refractivity contribution is 5.88. The average Bonchev–Trinajstić information content (AvgIpc) is 2.47. The molecule has 1 heterocycles. The van der Waals surface area contributed by atoms with Gasteiger partial charge in [-0.1, -0.05) is 0 Å². The fourth-order valence-corrected chi connectivity index (χ4v) is 1.15. The predicted octanol–water partition coefficient (Wildman–Crippen LogP) is 0.126. The van der Waals surface area contributed by atoms with Crippen molar-refractivity contribution in [1.82, 2.24) is 16.0 Å². The molecule has 5 heteroatoms. The van der Waals surface area contributed by atoms with Gasteiger partial charge in [0, 0.05) is 6.54 Å². The molecular formula is C8H15N3O2. The van der Waals surface area contributed by atoms with Crippen LogP contribution in [0.25, 0.3) is 0 Å². The van der Waals surface area contributed by atoms with Crippen molar-refractivity contribution < 1.29 is 9.53 Å². The molecule has 0 unspecified atom stereocenters. The van der Waals surface area contributed by atoms with Crippen LogP contribution in [0.4, 0.5) is 0 Å². The molecule has 0 aromatic carbocycles. The summed E-state index contributed by atoms with van der Waals surface area (Å²) in [6, 6.07) is 0. The van der Waals surface area contributed by atoms with Crippen molar-refractivity contribution >= 4 is 5.97 Å². The lowest BCUT2D eigenvalue weighted by Gasteiger charge is -2.14. The molecule has 1 aliphatic rings. The maximum Gasteiger partial charge on any atom is 0.357 e. The number of allylic oxidation sites excluding steroid dienone is 1. The highest BCUT2D eigenvalue weighted by atomic mass is 16.5. The topological polar surface area (TPSA) is 53.6 Å². The Hall–Kier alpha value is -1.23. The maximum atomic E-state index is 11.3. The van der Waals surface area contributed by atoms with E-state index in [0.29, 0.717) is 12.3 Å². The minimum atomic E-state index is -0.316. The number of carbonyl (C=O) groups excluding carboxylic acids is 1. The quantitative estimate of drug-likeness (QED) is 0.612. The molecule has 0 aromatic rings. The van der Waals surface area contributed by atoms with Crippen LogP contribution in [0.5, 0.6) is 0 Å². The summed E-state index contributed by atoms with van der Waals surface area (Å²) in [7, 11) is 0. The number of nitrogens with one attached hydrogen (secondary N) is 2. The maximum absolute atomic E-state index is 11.3. The van der Waals surface area contributed by atoms with Gasteiger partial charge in [0.15, 0.2) is 5.70 Å². The lowest BCUT2D eigenvalue weighted by molar-refractivity contribution is -0.139. The zero-order valence-corrected chi connectivity index (χ0v) is 8.18. The van der Waals surface area contributed by atoms with Gasteiger partial charge in [0.1, 0.15) is 0 Å². The fourth-order valence-electron chi connectivity index (χ4n) is 1.15. The van der Waals surface area contributed by atoms with E-state index in [1.807, 2.05) is 18.9 Å². The summed E-state index contributed by atoms with van der Waals surface area (Å²) in [6.07, 6.45) is 0. The van der Waals surface area contributed by atoms with Crippen molar-refractivity contribution in [2.45, 2.75) is 20.8 Å². The van der Waals surface area contributed by atoms with Gasteiger partial charge >= 0.3 is 5.97 Å². The van der Waals surface area contributed by atoms with Crippen LogP contribution in [-0.2, 0) is 9.53 Å². The summed E-state index contributed by atoms with van der Waals surface area (Å²) in [5.41, 5.74) is 6.98. The minimum Gasteiger partial charge on any atom is -0.461 e. The third-order valence-electron chi connectivity index (χ3n) is 1.88. The molecule has 0 aliphatic carbocycles. The molecule has 0 saturated carbocycles. The van der Waals surface area contributed by atoms with E-state index >= 15 is 0 Å². The summed E-state index contributed by atoms with van der Waals surface area (Å²) in [5.74, 6) is -0.316. The summed E-state index contributed by atoms with van der Waals surface area (Å²) >= 11 is 0. The highest BCUT2D eigenvalue weighted by Gasteiger charge is 2.23. The van der Waals surface area contributed by atoms with E-state index in [2.05, 4.69) is 11.0 Å². The molecule has 2 N–H and O–H groups in total. The van der Waals surface area contributed by atoms with Gasteiger partial charge in [0.2, 0.25) is 0 Å². The lowest BCUT2D eigenvalue weighted by atomic mass is 10.3. The monoisotopic (exact) mass is 185 g/mol. The van der Waals surface area contributed by atoms with Crippen LogP contribution >= 0.6 is 0 Å². The molecule has 1 aliphatic heterocycles. The third kappa shape index (κ3) is 1.92. The van der Waals surface area contributed by atoms with Gasteiger partial charge in [-0.25, -0.2) is 4.79 Å². The van der Waals surface area contributed by atoms with Crippen LogP contribution in [0.1, 0.15) is 20.8 Å². The Labute approximate surface area is 77.7 Å². The van der Waals surface area contributed by atoms with E-state index < -0.39 is 0 Å². The van der Waals surface area contributed by atoms with Crippen molar-refractivity contribution in [3.63, 3.8) is 0 Å². The Morgan fingerprint density at radius 1 is 1.54 bits per heavy atom. The first-order valence-electron chi connectivity index (χ1n) is 4.37. The zero-order valence-electron chi connectivity index (χ0n) is 8.18. The highest BCUT2D eigenvalue weighted by Crippen LogP contribution is 2.11. The SMILES string of the molecule is CCOC(=O)C1=C(C)N(CC)NN1. The molecule has 0 bridgehead atoms. The number of rotatable bonds is 3. The molecule has 0 aromatic heterocycles. The smallest absolute Gasteiger partial charge is 0.357 e. The summed E-state index contributed by atoms with van der Waals surface area (Å²) < 4.78 is 4.86. The Morgan fingerprint density at radius 3 is 2.69 bits per heavy atom. The first-order chi connectivity index (χ1) is 6.20. The second-order valence-electron chi connectivity index (χ2n) is 2.66. The molecule has 5 nitrogen and oxygen atoms in total. The van der Waals surface area contributed by atoms with Gasteiger partial charge in [0.25, 0.3) is 0 Å². The van der Waals surface area contributed by atoms with Crippen LogP contribution in [0.2, 0.25) is 0 Å². The number of hydrogen-bond acceptors (Lipinski definition) is 5. The lowest BCUT2D eigenvalue weighted by Crippen LogP contribution is -2.38. The van der Waals surface area contributed by atoms with E-state index in [-0.39, 0.29) is 5.97 Å². The molecule has 74 valence electrons. The fraction of sp³-hybridized carbons (Fsp3) is 0.625. The Kier molecular flexibility index (Phi) is 3.13. The van der Waals surface area contributed by atoms with E-state index in [1.165, 1.54) is 0 Å². The van der Waals surface area contributed by atoms with Gasteiger partial charge in [-0.15, -0.1) is 5.53 Å². The van der Waals surface area contributed by atoms with E-state index in [0.717, 1.165) is 12.2 Å². The second-order valence-corrected chi connectivity index (χ2v) is 2.66. The molecule has 0 fully saturated rings. The Morgan fingerprint density at radius 2 is 2.23 bits per heavy atom. The average molecular weight is 185 g/mol. The van der Waals surface area contributed by atoms with E-state index in [9.17, 15) is 4.79 Å². The number of nitrogens with zero attached hydrogens (tertiary/aromatic N) is 1. The zero-order chi connectivity index (χ0) is 9.84. The number of hydrogen-bond donors (Lipinski definition) is 2. The molecule has 0 spiro atoms. The molecule has 0 saturated heterocycles. The normalized spacial score (nSPS) is 16.1. The molecule has 1 rings (SSSR count). The van der Waals surface area contributed by atoms with Crippen molar-refractivity contribution in [2.75, 3.05) is 13.2 Å². The van der Waals surface area contributed by atoms with Crippen molar-refractivity contribution in [2.24, 2.45) is 0 Å². The largest absolute Gasteiger partial charge is 0.461 e. The van der Waals surface area contributed by atoms with Gasteiger partial charge in [-0.2, -0.15) is 0 Å². The van der Waals surface area contributed by atoms with Gasteiger partial charge in [-0.05, 0) is 20.8 Å². The first kappa shape index (κ1) is 9.85. The third-order valence-corrected chi connectivity index (χ3v) is 1.88. The molecule has 13 heavy (non-hydrogen) atoms. The van der Waals surface area contributed by atoms with Gasteiger partial charge < -0.3 is 4.74 Å². The Balaban J connectivity index is 2.69. The molecular weight excluding hydrogens is 170 g/mol. The van der Waals surface area contributed by atoms with E-state index in [1.54, 1.807) is 6.92 Å². The summed E-state index contributed by atoms with van der Waals surface area (Å²) in [6.45, 7) is 6.83. The Bertz CT molecular complexity index is 238.